The Morgan fingerprint density at radius 2 is 2.00 bits per heavy atom. The molecule has 1 atom stereocenters. The molecule has 1 heterocycles. The molecule has 2 rings (SSSR count). The number of rotatable bonds is 6. The van der Waals surface area contributed by atoms with Crippen LogP contribution in [0.25, 0.3) is 0 Å². The first-order chi connectivity index (χ1) is 9.94. The summed E-state index contributed by atoms with van der Waals surface area (Å²) in [5.41, 5.74) is 1.00. The maximum absolute atomic E-state index is 12.4. The molecule has 21 heavy (non-hydrogen) atoms. The summed E-state index contributed by atoms with van der Waals surface area (Å²) in [5, 5.41) is 3.85. The highest BCUT2D eigenvalue weighted by molar-refractivity contribution is 7.89. The largest absolute Gasteiger partial charge is 0.259 e. The Hall–Kier alpha value is -1.08. The molecule has 0 saturated heterocycles. The van der Waals surface area contributed by atoms with Crippen molar-refractivity contribution in [2.24, 2.45) is 7.05 Å². The fourth-order valence-corrected chi connectivity index (χ4v) is 4.17. The molecule has 2 aromatic rings. The van der Waals surface area contributed by atoms with Crippen LogP contribution >= 0.6 is 23.2 Å². The lowest BCUT2D eigenvalue weighted by molar-refractivity contribution is 0.545. The van der Waals surface area contributed by atoms with Gasteiger partial charge in [0.25, 0.3) is 10.0 Å². The van der Waals surface area contributed by atoms with E-state index in [1.165, 1.54) is 17.9 Å². The van der Waals surface area contributed by atoms with Crippen molar-refractivity contribution in [3.8, 4) is 0 Å². The SMILES string of the molecule is Cn1ncc(Cl)c1S(=O)(=O)NC(CCl)Cc1ccccc1. The maximum atomic E-state index is 12.4. The Morgan fingerprint density at radius 3 is 2.52 bits per heavy atom. The van der Waals surface area contributed by atoms with Crippen molar-refractivity contribution in [3.05, 3.63) is 47.1 Å². The lowest BCUT2D eigenvalue weighted by atomic mass is 10.1. The summed E-state index contributed by atoms with van der Waals surface area (Å²) in [6.07, 6.45) is 1.79. The Balaban J connectivity index is 2.18. The van der Waals surface area contributed by atoms with Gasteiger partial charge in [0, 0.05) is 19.0 Å². The summed E-state index contributed by atoms with van der Waals surface area (Å²) in [6.45, 7) is 0. The minimum atomic E-state index is -3.78. The van der Waals surface area contributed by atoms with Gasteiger partial charge in [0.2, 0.25) is 0 Å². The van der Waals surface area contributed by atoms with E-state index in [9.17, 15) is 8.42 Å². The third kappa shape index (κ3) is 3.97. The van der Waals surface area contributed by atoms with E-state index in [1.54, 1.807) is 0 Å². The smallest absolute Gasteiger partial charge is 0.255 e. The van der Waals surface area contributed by atoms with Crippen molar-refractivity contribution in [2.75, 3.05) is 5.88 Å². The number of alkyl halides is 1. The minimum absolute atomic E-state index is 0.0626. The Kier molecular flexibility index (Phi) is 5.27. The molecular formula is C13H15Cl2N3O2S. The van der Waals surface area contributed by atoms with E-state index in [0.29, 0.717) is 6.42 Å². The molecule has 0 aliphatic rings. The second kappa shape index (κ2) is 6.79. The van der Waals surface area contributed by atoms with E-state index in [2.05, 4.69) is 9.82 Å². The molecule has 1 unspecified atom stereocenters. The van der Waals surface area contributed by atoms with Crippen LogP contribution in [-0.2, 0) is 23.5 Å². The van der Waals surface area contributed by atoms with Crippen LogP contribution in [0.1, 0.15) is 5.56 Å². The first-order valence-corrected chi connectivity index (χ1v) is 8.63. The van der Waals surface area contributed by atoms with Gasteiger partial charge in [-0.15, -0.1) is 11.6 Å². The number of benzene rings is 1. The van der Waals surface area contributed by atoms with Crippen LogP contribution < -0.4 is 4.72 Å². The predicted octanol–water partition coefficient (Wildman–Crippen LogP) is 2.20. The maximum Gasteiger partial charge on any atom is 0.259 e. The number of halogens is 2. The van der Waals surface area contributed by atoms with E-state index in [4.69, 9.17) is 23.2 Å². The number of aromatic nitrogens is 2. The average Bonchev–Trinajstić information content (AvgIpc) is 2.79. The van der Waals surface area contributed by atoms with E-state index in [1.807, 2.05) is 30.3 Å². The molecule has 5 nitrogen and oxygen atoms in total. The Morgan fingerprint density at radius 1 is 1.33 bits per heavy atom. The molecular weight excluding hydrogens is 333 g/mol. The topological polar surface area (TPSA) is 64.0 Å². The summed E-state index contributed by atoms with van der Waals surface area (Å²) in [7, 11) is -2.25. The van der Waals surface area contributed by atoms with Crippen molar-refractivity contribution in [2.45, 2.75) is 17.5 Å². The monoisotopic (exact) mass is 347 g/mol. The van der Waals surface area contributed by atoms with Crippen LogP contribution in [-0.4, -0.2) is 30.1 Å². The second-order valence-electron chi connectivity index (χ2n) is 4.58. The van der Waals surface area contributed by atoms with Gasteiger partial charge in [-0.05, 0) is 12.0 Å². The van der Waals surface area contributed by atoms with Crippen molar-refractivity contribution >= 4 is 33.2 Å². The third-order valence-electron chi connectivity index (χ3n) is 2.93. The first-order valence-electron chi connectivity index (χ1n) is 6.23. The van der Waals surface area contributed by atoms with Gasteiger partial charge in [0.1, 0.15) is 0 Å². The van der Waals surface area contributed by atoms with Crippen molar-refractivity contribution < 1.29 is 8.42 Å². The van der Waals surface area contributed by atoms with Gasteiger partial charge in [0.05, 0.1) is 11.2 Å². The molecule has 0 amide bonds. The molecule has 0 saturated carbocycles. The van der Waals surface area contributed by atoms with E-state index >= 15 is 0 Å². The van der Waals surface area contributed by atoms with Crippen LogP contribution in [0.3, 0.4) is 0 Å². The molecule has 0 aliphatic carbocycles. The lowest BCUT2D eigenvalue weighted by Crippen LogP contribution is -2.38. The zero-order valence-corrected chi connectivity index (χ0v) is 13.7. The van der Waals surface area contributed by atoms with Crippen LogP contribution in [0.5, 0.6) is 0 Å². The standard InChI is InChI=1S/C13H15Cl2N3O2S/c1-18-13(12(15)9-16-18)21(19,20)17-11(8-14)7-10-5-3-2-4-6-10/h2-6,9,11,17H,7-8H2,1H3. The molecule has 1 aromatic heterocycles. The quantitative estimate of drug-likeness (QED) is 0.814. The van der Waals surface area contributed by atoms with Gasteiger partial charge in [-0.2, -0.15) is 5.10 Å². The molecule has 1 aromatic carbocycles. The van der Waals surface area contributed by atoms with Crippen molar-refractivity contribution in [3.63, 3.8) is 0 Å². The second-order valence-corrected chi connectivity index (χ2v) is 6.93. The van der Waals surface area contributed by atoms with Gasteiger partial charge >= 0.3 is 0 Å². The van der Waals surface area contributed by atoms with Crippen LogP contribution in [0.2, 0.25) is 5.02 Å². The van der Waals surface area contributed by atoms with E-state index < -0.39 is 16.1 Å². The Labute approximate surface area is 133 Å². The molecule has 0 spiro atoms. The fourth-order valence-electron chi connectivity index (χ4n) is 2.00. The number of hydrogen-bond donors (Lipinski definition) is 1. The molecule has 0 aliphatic heterocycles. The van der Waals surface area contributed by atoms with E-state index in [-0.39, 0.29) is 15.9 Å². The summed E-state index contributed by atoms with van der Waals surface area (Å²) < 4.78 is 28.6. The van der Waals surface area contributed by atoms with E-state index in [0.717, 1.165) is 5.56 Å². The first kappa shape index (κ1) is 16.3. The number of nitrogens with one attached hydrogen (secondary N) is 1. The van der Waals surface area contributed by atoms with Crippen LogP contribution in [0.4, 0.5) is 0 Å². The normalized spacial score (nSPS) is 13.3. The molecule has 8 heteroatoms. The molecule has 0 bridgehead atoms. The highest BCUT2D eigenvalue weighted by atomic mass is 35.5. The molecule has 1 N–H and O–H groups in total. The third-order valence-corrected chi connectivity index (χ3v) is 5.33. The van der Waals surface area contributed by atoms with Crippen molar-refractivity contribution in [1.29, 1.82) is 0 Å². The molecule has 114 valence electrons. The Bertz CT molecular complexity index is 682. The predicted molar refractivity (Wildman–Crippen MR) is 83.2 cm³/mol. The molecule has 0 fully saturated rings. The lowest BCUT2D eigenvalue weighted by Gasteiger charge is -2.16. The average molecular weight is 348 g/mol. The van der Waals surface area contributed by atoms with Crippen LogP contribution in [0, 0.1) is 0 Å². The summed E-state index contributed by atoms with van der Waals surface area (Å²) in [5.74, 6) is 0.156. The number of nitrogens with zero attached hydrogens (tertiary/aromatic N) is 2. The fraction of sp³-hybridized carbons (Fsp3) is 0.308. The highest BCUT2D eigenvalue weighted by Gasteiger charge is 2.25. The number of hydrogen-bond acceptors (Lipinski definition) is 3. The van der Waals surface area contributed by atoms with Crippen molar-refractivity contribution in [1.82, 2.24) is 14.5 Å². The minimum Gasteiger partial charge on any atom is -0.255 e. The zero-order valence-electron chi connectivity index (χ0n) is 11.3. The molecule has 0 radical (unpaired) electrons. The summed E-state index contributed by atoms with van der Waals surface area (Å²) >= 11 is 11.8. The van der Waals surface area contributed by atoms with Gasteiger partial charge in [-0.3, -0.25) is 4.68 Å². The highest BCUT2D eigenvalue weighted by Crippen LogP contribution is 2.20. The van der Waals surface area contributed by atoms with Gasteiger partial charge < -0.3 is 0 Å². The summed E-state index contributed by atoms with van der Waals surface area (Å²) in [6, 6.07) is 9.11. The number of sulfonamides is 1. The van der Waals surface area contributed by atoms with Gasteiger partial charge in [0.15, 0.2) is 5.03 Å². The van der Waals surface area contributed by atoms with Gasteiger partial charge in [-0.25, -0.2) is 13.1 Å². The summed E-state index contributed by atoms with van der Waals surface area (Å²) in [4.78, 5) is 0. The zero-order chi connectivity index (χ0) is 15.5. The van der Waals surface area contributed by atoms with Gasteiger partial charge in [-0.1, -0.05) is 41.9 Å². The number of aryl methyl sites for hydroxylation is 1. The van der Waals surface area contributed by atoms with Crippen LogP contribution in [0.15, 0.2) is 41.6 Å².